The van der Waals surface area contributed by atoms with Gasteiger partial charge in [0.1, 0.15) is 11.5 Å². The van der Waals surface area contributed by atoms with Crippen molar-refractivity contribution in [3.05, 3.63) is 29.7 Å². The Hall–Kier alpha value is -2.50. The first-order chi connectivity index (χ1) is 9.52. The molecule has 0 spiro atoms. The van der Waals surface area contributed by atoms with Gasteiger partial charge in [0.2, 0.25) is 0 Å². The van der Waals surface area contributed by atoms with Crippen LogP contribution in [0.2, 0.25) is 0 Å². The Kier molecular flexibility index (Phi) is 3.93. The number of carbonyl (C=O) groups is 1. The van der Waals surface area contributed by atoms with Crippen LogP contribution in [0.1, 0.15) is 11.5 Å². The predicted octanol–water partition coefficient (Wildman–Crippen LogP) is 2.09. The second kappa shape index (κ2) is 5.64. The van der Waals surface area contributed by atoms with E-state index in [0.29, 0.717) is 17.2 Å². The van der Waals surface area contributed by atoms with Gasteiger partial charge in [-0.25, -0.2) is 4.79 Å². The topological polar surface area (TPSA) is 87.6 Å². The van der Waals surface area contributed by atoms with E-state index in [0.717, 1.165) is 16.8 Å². The van der Waals surface area contributed by atoms with Crippen LogP contribution in [0.15, 0.2) is 22.7 Å². The van der Waals surface area contributed by atoms with Gasteiger partial charge in [-0.15, -0.1) is 0 Å². The van der Waals surface area contributed by atoms with E-state index in [1.165, 1.54) is 7.11 Å². The Morgan fingerprint density at radius 3 is 2.75 bits per heavy atom. The molecule has 0 aliphatic rings. The fourth-order valence-electron chi connectivity index (χ4n) is 1.93. The highest BCUT2D eigenvalue weighted by molar-refractivity contribution is 5.77. The van der Waals surface area contributed by atoms with Crippen molar-refractivity contribution in [1.82, 2.24) is 5.16 Å². The number of benzene rings is 1. The van der Waals surface area contributed by atoms with Gasteiger partial charge in [-0.05, 0) is 32.0 Å². The summed E-state index contributed by atoms with van der Waals surface area (Å²) in [4.78, 5) is 11.2. The number of ether oxygens (including phenoxy) is 2. The summed E-state index contributed by atoms with van der Waals surface area (Å²) in [6.45, 7) is 3.47. The number of hydrogen-bond acceptors (Lipinski definition) is 6. The SMILES string of the molecule is COC(=O)COc1ccc(N)cc1-c1c(C)noc1C. The summed E-state index contributed by atoms with van der Waals surface area (Å²) < 4.78 is 15.2. The third-order valence-corrected chi connectivity index (χ3v) is 2.88. The van der Waals surface area contributed by atoms with Gasteiger partial charge in [0.05, 0.1) is 18.4 Å². The van der Waals surface area contributed by atoms with Crippen LogP contribution < -0.4 is 10.5 Å². The Morgan fingerprint density at radius 1 is 1.40 bits per heavy atom. The number of anilines is 1. The van der Waals surface area contributed by atoms with E-state index >= 15 is 0 Å². The maximum absolute atomic E-state index is 11.2. The zero-order chi connectivity index (χ0) is 14.7. The maximum Gasteiger partial charge on any atom is 0.343 e. The summed E-state index contributed by atoms with van der Waals surface area (Å²) in [6, 6.07) is 5.17. The summed E-state index contributed by atoms with van der Waals surface area (Å²) in [5.74, 6) is 0.738. The molecule has 2 aromatic rings. The number of aromatic nitrogens is 1. The zero-order valence-corrected chi connectivity index (χ0v) is 11.6. The number of rotatable bonds is 4. The van der Waals surface area contributed by atoms with Gasteiger partial charge in [0.25, 0.3) is 0 Å². The maximum atomic E-state index is 11.2. The molecule has 1 heterocycles. The monoisotopic (exact) mass is 276 g/mol. The molecule has 1 aromatic heterocycles. The zero-order valence-electron chi connectivity index (χ0n) is 11.6. The van der Waals surface area contributed by atoms with Crippen molar-refractivity contribution < 1.29 is 18.8 Å². The number of esters is 1. The van der Waals surface area contributed by atoms with E-state index in [1.807, 2.05) is 13.8 Å². The van der Waals surface area contributed by atoms with Crippen molar-refractivity contribution in [2.24, 2.45) is 0 Å². The standard InChI is InChI=1S/C14H16N2O4/c1-8-14(9(2)20-16-8)11-6-10(15)4-5-12(11)19-7-13(17)18-3/h4-6H,7,15H2,1-3H3. The minimum Gasteiger partial charge on any atom is -0.481 e. The molecule has 6 nitrogen and oxygen atoms in total. The minimum atomic E-state index is -0.452. The van der Waals surface area contributed by atoms with E-state index in [9.17, 15) is 4.79 Å². The number of methoxy groups -OCH3 is 1. The molecule has 20 heavy (non-hydrogen) atoms. The molecule has 2 N–H and O–H groups in total. The summed E-state index contributed by atoms with van der Waals surface area (Å²) in [7, 11) is 1.31. The van der Waals surface area contributed by atoms with E-state index < -0.39 is 5.97 Å². The van der Waals surface area contributed by atoms with Crippen molar-refractivity contribution in [2.75, 3.05) is 19.5 Å². The van der Waals surface area contributed by atoms with E-state index in [1.54, 1.807) is 18.2 Å². The van der Waals surface area contributed by atoms with Crippen LogP contribution in [0.3, 0.4) is 0 Å². The van der Waals surface area contributed by atoms with Gasteiger partial charge >= 0.3 is 5.97 Å². The Bertz CT molecular complexity index is 615. The van der Waals surface area contributed by atoms with Crippen LogP contribution in [0, 0.1) is 13.8 Å². The first-order valence-electron chi connectivity index (χ1n) is 6.05. The summed E-state index contributed by atoms with van der Waals surface area (Å²) in [5, 5.41) is 3.91. The normalized spacial score (nSPS) is 10.3. The molecule has 0 unspecified atom stereocenters. The summed E-state index contributed by atoms with van der Waals surface area (Å²) in [6.07, 6.45) is 0. The molecule has 6 heteroatoms. The lowest BCUT2D eigenvalue weighted by Crippen LogP contribution is -2.13. The number of nitrogens with zero attached hydrogens (tertiary/aromatic N) is 1. The molecule has 0 bridgehead atoms. The fraction of sp³-hybridized carbons (Fsp3) is 0.286. The van der Waals surface area contributed by atoms with Crippen molar-refractivity contribution in [3.63, 3.8) is 0 Å². The lowest BCUT2D eigenvalue weighted by molar-refractivity contribution is -0.142. The molecule has 0 aliphatic heterocycles. The highest BCUT2D eigenvalue weighted by Gasteiger charge is 2.17. The Morgan fingerprint density at radius 2 is 2.15 bits per heavy atom. The second-order valence-corrected chi connectivity index (χ2v) is 4.32. The number of hydrogen-bond donors (Lipinski definition) is 1. The Balaban J connectivity index is 2.41. The third-order valence-electron chi connectivity index (χ3n) is 2.88. The van der Waals surface area contributed by atoms with Crippen LogP contribution in [0.5, 0.6) is 5.75 Å². The summed E-state index contributed by atoms with van der Waals surface area (Å²) in [5.41, 5.74) is 8.70. The molecule has 0 saturated heterocycles. The first-order valence-corrected chi connectivity index (χ1v) is 6.05. The molecule has 0 atom stereocenters. The lowest BCUT2D eigenvalue weighted by Gasteiger charge is -2.11. The Labute approximate surface area is 116 Å². The van der Waals surface area contributed by atoms with Crippen LogP contribution in [-0.4, -0.2) is 24.8 Å². The van der Waals surface area contributed by atoms with Crippen LogP contribution in [0.25, 0.3) is 11.1 Å². The van der Waals surface area contributed by atoms with E-state index in [2.05, 4.69) is 9.89 Å². The third kappa shape index (κ3) is 2.74. The van der Waals surface area contributed by atoms with Crippen molar-refractivity contribution >= 4 is 11.7 Å². The van der Waals surface area contributed by atoms with Crippen molar-refractivity contribution in [3.8, 4) is 16.9 Å². The molecule has 0 amide bonds. The van der Waals surface area contributed by atoms with Gasteiger partial charge in [0.15, 0.2) is 6.61 Å². The van der Waals surface area contributed by atoms with Crippen molar-refractivity contribution in [1.29, 1.82) is 0 Å². The highest BCUT2D eigenvalue weighted by Crippen LogP contribution is 2.35. The van der Waals surface area contributed by atoms with E-state index in [-0.39, 0.29) is 6.61 Å². The molecule has 1 aromatic carbocycles. The number of nitrogens with two attached hydrogens (primary N) is 1. The quantitative estimate of drug-likeness (QED) is 0.679. The number of aryl methyl sites for hydroxylation is 2. The molecule has 0 radical (unpaired) electrons. The van der Waals surface area contributed by atoms with Crippen molar-refractivity contribution in [2.45, 2.75) is 13.8 Å². The first kappa shape index (κ1) is 13.9. The highest BCUT2D eigenvalue weighted by atomic mass is 16.6. The molecule has 106 valence electrons. The largest absolute Gasteiger partial charge is 0.481 e. The lowest BCUT2D eigenvalue weighted by atomic mass is 10.0. The van der Waals surface area contributed by atoms with Crippen LogP contribution in [-0.2, 0) is 9.53 Å². The average Bonchev–Trinajstić information content (AvgIpc) is 2.76. The smallest absolute Gasteiger partial charge is 0.343 e. The van der Waals surface area contributed by atoms with Gasteiger partial charge in [0, 0.05) is 11.3 Å². The fourth-order valence-corrected chi connectivity index (χ4v) is 1.93. The van der Waals surface area contributed by atoms with Crippen LogP contribution >= 0.6 is 0 Å². The average molecular weight is 276 g/mol. The summed E-state index contributed by atoms with van der Waals surface area (Å²) >= 11 is 0. The molecule has 0 aliphatic carbocycles. The molecule has 0 fully saturated rings. The molecular formula is C14H16N2O4. The van der Waals surface area contributed by atoms with Gasteiger partial charge in [-0.1, -0.05) is 5.16 Å². The molecular weight excluding hydrogens is 260 g/mol. The van der Waals surface area contributed by atoms with E-state index in [4.69, 9.17) is 15.0 Å². The number of carbonyl (C=O) groups excluding carboxylic acids is 1. The van der Waals surface area contributed by atoms with Crippen LogP contribution in [0.4, 0.5) is 5.69 Å². The van der Waals surface area contributed by atoms with Gasteiger partial charge in [-0.3, -0.25) is 0 Å². The van der Waals surface area contributed by atoms with Gasteiger partial charge < -0.3 is 19.7 Å². The number of nitrogen functional groups attached to an aromatic ring is 1. The predicted molar refractivity (Wildman–Crippen MR) is 73.3 cm³/mol. The van der Waals surface area contributed by atoms with Gasteiger partial charge in [-0.2, -0.15) is 0 Å². The second-order valence-electron chi connectivity index (χ2n) is 4.32. The minimum absolute atomic E-state index is 0.170. The molecule has 2 rings (SSSR count). The molecule has 0 saturated carbocycles.